The number of rotatable bonds is 2. The van der Waals surface area contributed by atoms with Crippen molar-refractivity contribution in [2.24, 2.45) is 0 Å². The van der Waals surface area contributed by atoms with E-state index in [1.807, 2.05) is 0 Å². The molecule has 0 spiro atoms. The van der Waals surface area contributed by atoms with Crippen molar-refractivity contribution < 1.29 is 17.9 Å². The summed E-state index contributed by atoms with van der Waals surface area (Å²) in [5.41, 5.74) is -0.539. The van der Waals surface area contributed by atoms with Crippen molar-refractivity contribution in [1.82, 2.24) is 4.90 Å². The van der Waals surface area contributed by atoms with Crippen molar-refractivity contribution in [2.45, 2.75) is 38.8 Å². The van der Waals surface area contributed by atoms with Gasteiger partial charge in [0.2, 0.25) is 0 Å². The lowest BCUT2D eigenvalue weighted by Gasteiger charge is -2.40. The van der Waals surface area contributed by atoms with Crippen LogP contribution in [0.4, 0.5) is 4.79 Å². The van der Waals surface area contributed by atoms with Gasteiger partial charge in [-0.2, -0.15) is 0 Å². The Bertz CT molecular complexity index is 369. The Morgan fingerprint density at radius 1 is 1.44 bits per heavy atom. The van der Waals surface area contributed by atoms with Crippen molar-refractivity contribution in [3.63, 3.8) is 0 Å². The van der Waals surface area contributed by atoms with Crippen LogP contribution in [0.25, 0.3) is 0 Å². The lowest BCUT2D eigenvalue weighted by Crippen LogP contribution is -2.55. The zero-order valence-corrected chi connectivity index (χ0v) is 11.0. The number of hydrogen-bond donors (Lipinski definition) is 0. The first kappa shape index (κ1) is 13.3. The van der Waals surface area contributed by atoms with E-state index in [9.17, 15) is 13.2 Å². The molecule has 1 amide bonds. The second-order valence-corrected chi connectivity index (χ2v) is 7.39. The van der Waals surface area contributed by atoms with E-state index < -0.39 is 21.5 Å². The number of likely N-dealkylation sites (tertiary alicyclic amines) is 1. The summed E-state index contributed by atoms with van der Waals surface area (Å²) in [5, 5.41) is 0. The summed E-state index contributed by atoms with van der Waals surface area (Å²) in [6.45, 7) is 5.94. The molecule has 94 valence electrons. The molecular formula is C10H19NO4S. The van der Waals surface area contributed by atoms with E-state index in [0.29, 0.717) is 6.54 Å². The number of hydrogen-bond acceptors (Lipinski definition) is 4. The van der Waals surface area contributed by atoms with Gasteiger partial charge in [-0.25, -0.2) is 13.2 Å². The van der Waals surface area contributed by atoms with E-state index in [4.69, 9.17) is 4.74 Å². The largest absolute Gasteiger partial charge is 0.444 e. The monoisotopic (exact) mass is 249 g/mol. The first-order valence-corrected chi connectivity index (χ1v) is 7.32. The third kappa shape index (κ3) is 4.00. The minimum Gasteiger partial charge on any atom is -0.444 e. The zero-order valence-electron chi connectivity index (χ0n) is 10.2. The van der Waals surface area contributed by atoms with Gasteiger partial charge in [0.15, 0.2) is 0 Å². The fourth-order valence-corrected chi connectivity index (χ4v) is 2.57. The minimum atomic E-state index is -3.04. The number of nitrogens with zero attached hydrogens (tertiary/aromatic N) is 1. The highest BCUT2D eigenvalue weighted by Crippen LogP contribution is 2.22. The average Bonchev–Trinajstić information content (AvgIpc) is 1.92. The first-order valence-electron chi connectivity index (χ1n) is 5.26. The van der Waals surface area contributed by atoms with Crippen molar-refractivity contribution in [3.8, 4) is 0 Å². The SMILES string of the molecule is CC(C)(C)OC(=O)N1CC[C@H]1CS(C)(=O)=O. The smallest absolute Gasteiger partial charge is 0.410 e. The predicted molar refractivity (Wildman–Crippen MR) is 61.1 cm³/mol. The molecule has 0 saturated carbocycles. The summed E-state index contributed by atoms with van der Waals surface area (Å²) < 4.78 is 27.4. The number of carbonyl (C=O) groups is 1. The molecule has 0 unspecified atom stereocenters. The number of carbonyl (C=O) groups excluding carboxylic acids is 1. The molecule has 1 rings (SSSR count). The van der Waals surface area contributed by atoms with Crippen LogP contribution in [0.1, 0.15) is 27.2 Å². The third-order valence-electron chi connectivity index (χ3n) is 2.27. The summed E-state index contributed by atoms with van der Waals surface area (Å²) in [6, 6.07) is -0.218. The van der Waals surface area contributed by atoms with Crippen LogP contribution in [-0.4, -0.2) is 49.6 Å². The molecule has 1 atom stereocenters. The molecular weight excluding hydrogens is 230 g/mol. The quantitative estimate of drug-likeness (QED) is 0.733. The Balaban J connectivity index is 2.53. The first-order chi connectivity index (χ1) is 7.08. The number of amides is 1. The van der Waals surface area contributed by atoms with Gasteiger partial charge in [-0.3, -0.25) is 0 Å². The van der Waals surface area contributed by atoms with Crippen LogP contribution in [-0.2, 0) is 14.6 Å². The van der Waals surface area contributed by atoms with Crippen LogP contribution < -0.4 is 0 Å². The third-order valence-corrected chi connectivity index (χ3v) is 3.26. The van der Waals surface area contributed by atoms with E-state index >= 15 is 0 Å². The highest BCUT2D eigenvalue weighted by atomic mass is 32.2. The van der Waals surface area contributed by atoms with Gasteiger partial charge in [-0.05, 0) is 27.2 Å². The van der Waals surface area contributed by atoms with Crippen LogP contribution in [0.2, 0.25) is 0 Å². The highest BCUT2D eigenvalue weighted by molar-refractivity contribution is 7.90. The van der Waals surface area contributed by atoms with Crippen molar-refractivity contribution in [3.05, 3.63) is 0 Å². The van der Waals surface area contributed by atoms with Gasteiger partial charge in [-0.1, -0.05) is 0 Å². The molecule has 0 N–H and O–H groups in total. The maximum absolute atomic E-state index is 11.6. The Morgan fingerprint density at radius 2 is 2.00 bits per heavy atom. The van der Waals surface area contributed by atoms with Crippen LogP contribution in [0, 0.1) is 0 Å². The molecule has 16 heavy (non-hydrogen) atoms. The minimum absolute atomic E-state index is 0.0201. The van der Waals surface area contributed by atoms with Crippen molar-refractivity contribution in [2.75, 3.05) is 18.6 Å². The average molecular weight is 249 g/mol. The van der Waals surface area contributed by atoms with E-state index in [-0.39, 0.29) is 11.8 Å². The second kappa shape index (κ2) is 4.24. The van der Waals surface area contributed by atoms with Crippen LogP contribution in [0.5, 0.6) is 0 Å². The lowest BCUT2D eigenvalue weighted by molar-refractivity contribution is -0.00112. The molecule has 1 fully saturated rings. The van der Waals surface area contributed by atoms with Crippen LogP contribution in [0.3, 0.4) is 0 Å². The van der Waals surface area contributed by atoms with E-state index in [0.717, 1.165) is 6.42 Å². The molecule has 0 aliphatic carbocycles. The molecule has 5 nitrogen and oxygen atoms in total. The van der Waals surface area contributed by atoms with E-state index in [2.05, 4.69) is 0 Å². The fourth-order valence-electron chi connectivity index (χ4n) is 1.52. The van der Waals surface area contributed by atoms with Crippen LogP contribution in [0.15, 0.2) is 0 Å². The summed E-state index contributed by atoms with van der Waals surface area (Å²) in [7, 11) is -3.04. The van der Waals surface area contributed by atoms with Gasteiger partial charge >= 0.3 is 6.09 Å². The van der Waals surface area contributed by atoms with Gasteiger partial charge < -0.3 is 9.64 Å². The summed E-state index contributed by atoms with van der Waals surface area (Å²) in [6.07, 6.45) is 1.48. The summed E-state index contributed by atoms with van der Waals surface area (Å²) >= 11 is 0. The van der Waals surface area contributed by atoms with Gasteiger partial charge in [-0.15, -0.1) is 0 Å². The maximum Gasteiger partial charge on any atom is 0.410 e. The van der Waals surface area contributed by atoms with Crippen LogP contribution >= 0.6 is 0 Å². The molecule has 0 aromatic rings. The molecule has 1 aliphatic rings. The van der Waals surface area contributed by atoms with Crippen molar-refractivity contribution >= 4 is 15.9 Å². The molecule has 0 radical (unpaired) electrons. The predicted octanol–water partition coefficient (Wildman–Crippen LogP) is 1.04. The molecule has 0 bridgehead atoms. The number of sulfone groups is 1. The van der Waals surface area contributed by atoms with E-state index in [1.165, 1.54) is 11.2 Å². The van der Waals surface area contributed by atoms with Gasteiger partial charge in [0.1, 0.15) is 15.4 Å². The van der Waals surface area contributed by atoms with Gasteiger partial charge in [0.25, 0.3) is 0 Å². The highest BCUT2D eigenvalue weighted by Gasteiger charge is 2.36. The van der Waals surface area contributed by atoms with Gasteiger partial charge in [0.05, 0.1) is 11.8 Å². The van der Waals surface area contributed by atoms with E-state index in [1.54, 1.807) is 20.8 Å². The molecule has 1 heterocycles. The maximum atomic E-state index is 11.6. The second-order valence-electron chi connectivity index (χ2n) is 5.21. The number of ether oxygens (including phenoxy) is 1. The molecule has 1 saturated heterocycles. The Kier molecular flexibility index (Phi) is 3.52. The molecule has 0 aromatic heterocycles. The fraction of sp³-hybridized carbons (Fsp3) is 0.900. The van der Waals surface area contributed by atoms with Crippen molar-refractivity contribution in [1.29, 1.82) is 0 Å². The Morgan fingerprint density at radius 3 is 2.31 bits per heavy atom. The zero-order chi connectivity index (χ0) is 12.6. The Hall–Kier alpha value is -0.780. The lowest BCUT2D eigenvalue weighted by atomic mass is 10.1. The summed E-state index contributed by atoms with van der Waals surface area (Å²) in [5.74, 6) is 0.0201. The molecule has 1 aliphatic heterocycles. The Labute approximate surface area is 96.7 Å². The summed E-state index contributed by atoms with van der Waals surface area (Å²) in [4.78, 5) is 13.1. The normalized spacial score (nSPS) is 21.5. The topological polar surface area (TPSA) is 63.7 Å². The molecule has 6 heteroatoms. The van der Waals surface area contributed by atoms with Gasteiger partial charge in [0, 0.05) is 12.8 Å². The molecule has 0 aromatic carbocycles. The standard InChI is InChI=1S/C10H19NO4S/c1-10(2,3)15-9(12)11-6-5-8(11)7-16(4,13)14/h8H,5-7H2,1-4H3/t8-/m0/s1.